The summed E-state index contributed by atoms with van der Waals surface area (Å²) in [6.07, 6.45) is 5.12. The van der Waals surface area contributed by atoms with Crippen LogP contribution >= 0.6 is 11.6 Å². The molecule has 7 N–H and O–H groups in total. The number of rotatable bonds is 13. The zero-order chi connectivity index (χ0) is 25.2. The minimum absolute atomic E-state index is 0.0536. The average molecular weight is 499 g/mol. The summed E-state index contributed by atoms with van der Waals surface area (Å²) in [5, 5.41) is 5.76. The van der Waals surface area contributed by atoms with Crippen molar-refractivity contribution in [1.82, 2.24) is 10.3 Å². The molecule has 188 valence electrons. The maximum absolute atomic E-state index is 12.0. The van der Waals surface area contributed by atoms with E-state index in [2.05, 4.69) is 23.3 Å². The third-order valence-corrected chi connectivity index (χ3v) is 6.16. The molecule has 0 saturated carbocycles. The number of aryl methyl sites for hydroxylation is 1. The molecule has 1 amide bonds. The first-order chi connectivity index (χ1) is 16.8. The molecule has 35 heavy (non-hydrogen) atoms. The molecule has 0 unspecified atom stereocenters. The Morgan fingerprint density at radius 1 is 1.06 bits per heavy atom. The lowest BCUT2D eigenvalue weighted by Gasteiger charge is -2.12. The van der Waals surface area contributed by atoms with Crippen molar-refractivity contribution in [3.63, 3.8) is 0 Å². The highest BCUT2D eigenvalue weighted by molar-refractivity contribution is 6.31. The Balaban J connectivity index is 1.34. The minimum atomic E-state index is -0.533. The van der Waals surface area contributed by atoms with Crippen molar-refractivity contribution >= 4 is 45.3 Å². The fourth-order valence-electron chi connectivity index (χ4n) is 3.96. The van der Waals surface area contributed by atoms with Gasteiger partial charge in [-0.15, -0.1) is 0 Å². The topological polar surface area (TPSA) is 142 Å². The summed E-state index contributed by atoms with van der Waals surface area (Å²) in [4.78, 5) is 20.6. The van der Waals surface area contributed by atoms with Gasteiger partial charge in [-0.2, -0.15) is 0 Å². The second kappa shape index (κ2) is 13.1. The number of nitrogens with two attached hydrogens (primary N) is 3. The van der Waals surface area contributed by atoms with Crippen LogP contribution in [0.1, 0.15) is 44.1 Å². The van der Waals surface area contributed by atoms with Gasteiger partial charge in [0.25, 0.3) is 0 Å². The number of carbonyl (C=O) groups is 1. The van der Waals surface area contributed by atoms with E-state index in [-0.39, 0.29) is 11.9 Å². The first kappa shape index (κ1) is 26.5. The molecule has 3 rings (SSSR count). The number of amides is 1. The zero-order valence-electron chi connectivity index (χ0n) is 20.2. The molecule has 0 radical (unpaired) electrons. The number of hydrogen-bond acceptors (Lipinski definition) is 5. The molecular weight excluding hydrogens is 464 g/mol. The number of aliphatic imine (C=N–C) groups is 1. The molecule has 9 heteroatoms. The van der Waals surface area contributed by atoms with Crippen LogP contribution in [0.4, 0.5) is 0 Å². The van der Waals surface area contributed by atoms with Crippen molar-refractivity contribution in [3.8, 4) is 5.75 Å². The number of halogens is 1. The van der Waals surface area contributed by atoms with Crippen LogP contribution < -0.4 is 27.3 Å². The standard InChI is InChI=1S/C26H35ClN6O2/c1-17-20-10-8-18(27)15-24(20)33-23-11-9-19(16-21(17)23)35-14-5-3-2-4-12-31-25(34)22(28)7-6-13-32-26(29)30/h8-11,15-16,22H,2-7,12-14,28H2,1H3,(H,31,34)(H4,29,30,32)/t22-/m0/s1. The Morgan fingerprint density at radius 3 is 2.66 bits per heavy atom. The second-order valence-corrected chi connectivity index (χ2v) is 9.12. The number of guanidine groups is 1. The Morgan fingerprint density at radius 2 is 1.86 bits per heavy atom. The van der Waals surface area contributed by atoms with E-state index in [9.17, 15) is 4.79 Å². The highest BCUT2D eigenvalue weighted by atomic mass is 35.5. The van der Waals surface area contributed by atoms with Crippen molar-refractivity contribution in [2.24, 2.45) is 22.2 Å². The van der Waals surface area contributed by atoms with Gasteiger partial charge in [-0.05, 0) is 68.5 Å². The third kappa shape index (κ3) is 7.97. The number of pyridine rings is 1. The lowest BCUT2D eigenvalue weighted by atomic mass is 10.0. The molecule has 1 heterocycles. The number of aromatic nitrogens is 1. The predicted molar refractivity (Wildman–Crippen MR) is 144 cm³/mol. The molecule has 3 aromatic rings. The van der Waals surface area contributed by atoms with Crippen molar-refractivity contribution in [3.05, 3.63) is 47.0 Å². The maximum atomic E-state index is 12.0. The number of hydrogen-bond donors (Lipinski definition) is 4. The van der Waals surface area contributed by atoms with Crippen LogP contribution in [0.3, 0.4) is 0 Å². The monoisotopic (exact) mass is 498 g/mol. The molecule has 0 aliphatic rings. The molecule has 1 aromatic heterocycles. The van der Waals surface area contributed by atoms with Crippen LogP contribution in [0.5, 0.6) is 5.75 Å². The lowest BCUT2D eigenvalue weighted by Crippen LogP contribution is -2.41. The van der Waals surface area contributed by atoms with Gasteiger partial charge in [0, 0.05) is 28.9 Å². The Bertz CT molecular complexity index is 1180. The van der Waals surface area contributed by atoms with Gasteiger partial charge in [-0.3, -0.25) is 9.79 Å². The van der Waals surface area contributed by atoms with Crippen LogP contribution in [-0.2, 0) is 4.79 Å². The molecule has 0 spiro atoms. The van der Waals surface area contributed by atoms with Crippen LogP contribution in [0.25, 0.3) is 21.8 Å². The molecule has 1 atom stereocenters. The average Bonchev–Trinajstić information content (AvgIpc) is 2.83. The number of nitrogens with one attached hydrogen (secondary N) is 1. The summed E-state index contributed by atoms with van der Waals surface area (Å²) in [6.45, 7) is 3.85. The summed E-state index contributed by atoms with van der Waals surface area (Å²) >= 11 is 6.12. The maximum Gasteiger partial charge on any atom is 0.236 e. The van der Waals surface area contributed by atoms with E-state index in [1.165, 1.54) is 5.56 Å². The second-order valence-electron chi connectivity index (χ2n) is 8.69. The van der Waals surface area contributed by atoms with Crippen LogP contribution in [0.15, 0.2) is 41.4 Å². The van der Waals surface area contributed by atoms with Gasteiger partial charge < -0.3 is 27.3 Å². The summed E-state index contributed by atoms with van der Waals surface area (Å²) in [7, 11) is 0. The Kier molecular flexibility index (Phi) is 9.93. The van der Waals surface area contributed by atoms with Crippen LogP contribution in [0.2, 0.25) is 5.02 Å². The summed E-state index contributed by atoms with van der Waals surface area (Å²) in [5.41, 5.74) is 19.4. The number of benzene rings is 2. The van der Waals surface area contributed by atoms with E-state index in [0.29, 0.717) is 37.6 Å². The fraction of sp³-hybridized carbons (Fsp3) is 0.423. The predicted octanol–water partition coefficient (Wildman–Crippen LogP) is 3.79. The fourth-order valence-corrected chi connectivity index (χ4v) is 4.12. The van der Waals surface area contributed by atoms with Crippen LogP contribution in [-0.4, -0.2) is 42.6 Å². The summed E-state index contributed by atoms with van der Waals surface area (Å²) in [6, 6.07) is 11.3. The Hall–Kier alpha value is -3.10. The van der Waals surface area contributed by atoms with E-state index in [0.717, 1.165) is 53.2 Å². The number of nitrogens with zero attached hydrogens (tertiary/aromatic N) is 2. The van der Waals surface area contributed by atoms with Gasteiger partial charge in [-0.1, -0.05) is 30.5 Å². The normalized spacial score (nSPS) is 12.0. The molecule has 0 bridgehead atoms. The van der Waals surface area contributed by atoms with Crippen molar-refractivity contribution in [1.29, 1.82) is 0 Å². The molecular formula is C26H35ClN6O2. The molecule has 0 fully saturated rings. The van der Waals surface area contributed by atoms with E-state index in [4.69, 9.17) is 38.5 Å². The molecule has 8 nitrogen and oxygen atoms in total. The lowest BCUT2D eigenvalue weighted by molar-refractivity contribution is -0.122. The van der Waals surface area contributed by atoms with Gasteiger partial charge in [0.15, 0.2) is 5.96 Å². The highest BCUT2D eigenvalue weighted by Gasteiger charge is 2.12. The zero-order valence-corrected chi connectivity index (χ0v) is 21.0. The summed E-state index contributed by atoms with van der Waals surface area (Å²) in [5.74, 6) is 0.768. The van der Waals surface area contributed by atoms with Gasteiger partial charge >= 0.3 is 0 Å². The van der Waals surface area contributed by atoms with Crippen molar-refractivity contribution < 1.29 is 9.53 Å². The molecule has 2 aromatic carbocycles. The van der Waals surface area contributed by atoms with Crippen LogP contribution in [0, 0.1) is 6.92 Å². The molecule has 0 saturated heterocycles. The van der Waals surface area contributed by atoms with Crippen molar-refractivity contribution in [2.75, 3.05) is 19.7 Å². The van der Waals surface area contributed by atoms with E-state index in [1.54, 1.807) is 0 Å². The highest BCUT2D eigenvalue weighted by Crippen LogP contribution is 2.29. The van der Waals surface area contributed by atoms with Crippen molar-refractivity contribution in [2.45, 2.75) is 51.5 Å². The number of carbonyl (C=O) groups excluding carboxylic acids is 1. The smallest absolute Gasteiger partial charge is 0.236 e. The third-order valence-electron chi connectivity index (χ3n) is 5.92. The number of fused-ring (bicyclic) bond motifs is 2. The van der Waals surface area contributed by atoms with Gasteiger partial charge in [0.05, 0.1) is 23.7 Å². The first-order valence-corrected chi connectivity index (χ1v) is 12.4. The van der Waals surface area contributed by atoms with Gasteiger partial charge in [0.1, 0.15) is 5.75 Å². The molecule has 0 aliphatic carbocycles. The first-order valence-electron chi connectivity index (χ1n) is 12.1. The number of ether oxygens (including phenoxy) is 1. The quantitative estimate of drug-likeness (QED) is 0.122. The SMILES string of the molecule is Cc1c2ccc(Cl)cc2nc2ccc(OCCCCCCNC(=O)[C@@H](N)CCCN=C(N)N)cc12. The van der Waals surface area contributed by atoms with Gasteiger partial charge in [0.2, 0.25) is 5.91 Å². The largest absolute Gasteiger partial charge is 0.494 e. The summed E-state index contributed by atoms with van der Waals surface area (Å²) < 4.78 is 5.98. The minimum Gasteiger partial charge on any atom is -0.494 e. The number of unbranched alkanes of at least 4 members (excludes halogenated alkanes) is 3. The van der Waals surface area contributed by atoms with E-state index in [1.807, 2.05) is 30.3 Å². The van der Waals surface area contributed by atoms with E-state index < -0.39 is 6.04 Å². The van der Waals surface area contributed by atoms with Gasteiger partial charge in [-0.25, -0.2) is 4.98 Å². The van der Waals surface area contributed by atoms with E-state index >= 15 is 0 Å². The Labute approximate surface area is 211 Å². The molecule has 0 aliphatic heterocycles.